The first-order valence-corrected chi connectivity index (χ1v) is 7.90. The molecule has 0 aromatic heterocycles. The zero-order valence-corrected chi connectivity index (χ0v) is 13.2. The van der Waals surface area contributed by atoms with Crippen LogP contribution in [0.5, 0.6) is 11.5 Å². The van der Waals surface area contributed by atoms with Crippen molar-refractivity contribution >= 4 is 0 Å². The van der Waals surface area contributed by atoms with E-state index >= 15 is 0 Å². The van der Waals surface area contributed by atoms with E-state index in [1.165, 1.54) is 6.42 Å². The number of hydrogen-bond acceptors (Lipinski definition) is 4. The molecule has 0 amide bonds. The number of methoxy groups -OCH3 is 1. The van der Waals surface area contributed by atoms with Crippen LogP contribution in [0.25, 0.3) is 0 Å². The minimum atomic E-state index is -0.520. The van der Waals surface area contributed by atoms with Crippen LogP contribution in [0.15, 0.2) is 18.2 Å². The number of rotatable bonds is 7. The smallest absolute Gasteiger partial charge is 0.161 e. The maximum Gasteiger partial charge on any atom is 0.161 e. The molecule has 0 spiro atoms. The SMILES string of the molecule is CCOc1ccc(CNCC2(O)CCCCC2)cc1OC. The standard InChI is InChI=1S/C17H27NO3/c1-3-21-15-8-7-14(11-16(15)20-2)12-18-13-17(19)9-5-4-6-10-17/h7-8,11,18-19H,3-6,9-10,12-13H2,1-2H3. The van der Waals surface area contributed by atoms with Gasteiger partial charge in [-0.1, -0.05) is 25.3 Å². The minimum absolute atomic E-state index is 0.520. The molecule has 4 heteroatoms. The van der Waals surface area contributed by atoms with E-state index < -0.39 is 5.60 Å². The molecule has 118 valence electrons. The van der Waals surface area contributed by atoms with Crippen LogP contribution in [-0.2, 0) is 6.54 Å². The topological polar surface area (TPSA) is 50.7 Å². The summed E-state index contributed by atoms with van der Waals surface area (Å²) in [6, 6.07) is 5.96. The predicted molar refractivity (Wildman–Crippen MR) is 83.9 cm³/mol. The summed E-state index contributed by atoms with van der Waals surface area (Å²) >= 11 is 0. The molecule has 0 saturated heterocycles. The summed E-state index contributed by atoms with van der Waals surface area (Å²) in [5, 5.41) is 13.8. The molecule has 2 N–H and O–H groups in total. The Labute approximate surface area is 127 Å². The van der Waals surface area contributed by atoms with Gasteiger partial charge in [-0.05, 0) is 37.5 Å². The van der Waals surface area contributed by atoms with Gasteiger partial charge in [-0.2, -0.15) is 0 Å². The van der Waals surface area contributed by atoms with Crippen molar-refractivity contribution in [3.8, 4) is 11.5 Å². The molecule has 1 aromatic carbocycles. The predicted octanol–water partition coefficient (Wildman–Crippen LogP) is 2.88. The van der Waals surface area contributed by atoms with E-state index in [1.807, 2.05) is 25.1 Å². The van der Waals surface area contributed by atoms with Gasteiger partial charge < -0.3 is 19.9 Å². The lowest BCUT2D eigenvalue weighted by atomic mass is 9.85. The molecule has 0 bridgehead atoms. The van der Waals surface area contributed by atoms with E-state index in [9.17, 15) is 5.11 Å². The fourth-order valence-corrected chi connectivity index (χ4v) is 2.92. The highest BCUT2D eigenvalue weighted by Gasteiger charge is 2.28. The fraction of sp³-hybridized carbons (Fsp3) is 0.647. The summed E-state index contributed by atoms with van der Waals surface area (Å²) in [6.45, 7) is 3.97. The second kappa shape index (κ2) is 7.66. The summed E-state index contributed by atoms with van der Waals surface area (Å²) < 4.78 is 10.9. The Morgan fingerprint density at radius 1 is 1.19 bits per heavy atom. The van der Waals surface area contributed by atoms with E-state index in [2.05, 4.69) is 5.32 Å². The van der Waals surface area contributed by atoms with Crippen molar-refractivity contribution in [3.05, 3.63) is 23.8 Å². The van der Waals surface area contributed by atoms with Gasteiger partial charge in [-0.3, -0.25) is 0 Å². The highest BCUT2D eigenvalue weighted by molar-refractivity contribution is 5.42. The van der Waals surface area contributed by atoms with Crippen molar-refractivity contribution in [3.63, 3.8) is 0 Å². The molecule has 1 saturated carbocycles. The second-order valence-corrected chi connectivity index (χ2v) is 5.81. The first-order chi connectivity index (χ1) is 10.2. The molecule has 0 radical (unpaired) electrons. The first kappa shape index (κ1) is 16.1. The lowest BCUT2D eigenvalue weighted by Gasteiger charge is -2.32. The van der Waals surface area contributed by atoms with Gasteiger partial charge >= 0.3 is 0 Å². The quantitative estimate of drug-likeness (QED) is 0.811. The maximum absolute atomic E-state index is 10.5. The van der Waals surface area contributed by atoms with Crippen molar-refractivity contribution in [2.75, 3.05) is 20.3 Å². The summed E-state index contributed by atoms with van der Waals surface area (Å²) in [7, 11) is 1.65. The Morgan fingerprint density at radius 2 is 1.95 bits per heavy atom. The Bertz CT molecular complexity index is 442. The molecule has 0 heterocycles. The molecule has 1 aliphatic rings. The van der Waals surface area contributed by atoms with Crippen molar-refractivity contribution in [2.24, 2.45) is 0 Å². The molecule has 1 aromatic rings. The van der Waals surface area contributed by atoms with Gasteiger partial charge in [0.2, 0.25) is 0 Å². The highest BCUT2D eigenvalue weighted by atomic mass is 16.5. The van der Waals surface area contributed by atoms with Gasteiger partial charge in [0.15, 0.2) is 11.5 Å². The lowest BCUT2D eigenvalue weighted by molar-refractivity contribution is 0.00467. The van der Waals surface area contributed by atoms with Gasteiger partial charge in [0, 0.05) is 13.1 Å². The average molecular weight is 293 g/mol. The second-order valence-electron chi connectivity index (χ2n) is 5.81. The van der Waals surface area contributed by atoms with Crippen LogP contribution in [0.1, 0.15) is 44.6 Å². The highest BCUT2D eigenvalue weighted by Crippen LogP contribution is 2.29. The molecule has 0 aliphatic heterocycles. The molecule has 4 nitrogen and oxygen atoms in total. The maximum atomic E-state index is 10.5. The number of ether oxygens (including phenoxy) is 2. The third-order valence-corrected chi connectivity index (χ3v) is 4.10. The van der Waals surface area contributed by atoms with E-state index in [1.54, 1.807) is 7.11 Å². The van der Waals surface area contributed by atoms with Crippen molar-refractivity contribution in [1.82, 2.24) is 5.32 Å². The normalized spacial score (nSPS) is 17.5. The summed E-state index contributed by atoms with van der Waals surface area (Å²) in [4.78, 5) is 0. The monoisotopic (exact) mass is 293 g/mol. The molecule has 1 fully saturated rings. The van der Waals surface area contributed by atoms with Crippen LogP contribution in [0.4, 0.5) is 0 Å². The zero-order valence-electron chi connectivity index (χ0n) is 13.2. The largest absolute Gasteiger partial charge is 0.493 e. The fourth-order valence-electron chi connectivity index (χ4n) is 2.92. The summed E-state index contributed by atoms with van der Waals surface area (Å²) in [5.41, 5.74) is 0.614. The van der Waals surface area contributed by atoms with Crippen LogP contribution in [-0.4, -0.2) is 31.0 Å². The van der Waals surface area contributed by atoms with Crippen molar-refractivity contribution in [1.29, 1.82) is 0 Å². The van der Waals surface area contributed by atoms with Crippen LogP contribution in [0, 0.1) is 0 Å². The van der Waals surface area contributed by atoms with Crippen LogP contribution < -0.4 is 14.8 Å². The van der Waals surface area contributed by atoms with E-state index in [4.69, 9.17) is 9.47 Å². The number of nitrogens with one attached hydrogen (secondary N) is 1. The minimum Gasteiger partial charge on any atom is -0.493 e. The van der Waals surface area contributed by atoms with Gasteiger partial charge in [0.05, 0.1) is 19.3 Å². The molecule has 2 rings (SSSR count). The van der Waals surface area contributed by atoms with E-state index in [-0.39, 0.29) is 0 Å². The van der Waals surface area contributed by atoms with Crippen molar-refractivity contribution in [2.45, 2.75) is 51.2 Å². The number of hydrogen-bond donors (Lipinski definition) is 2. The summed E-state index contributed by atoms with van der Waals surface area (Å²) in [6.07, 6.45) is 5.34. The third kappa shape index (κ3) is 4.61. The van der Waals surface area contributed by atoms with Crippen LogP contribution >= 0.6 is 0 Å². The van der Waals surface area contributed by atoms with Gasteiger partial charge in [-0.25, -0.2) is 0 Å². The molecular formula is C17H27NO3. The Kier molecular flexibility index (Phi) is 5.88. The summed E-state index contributed by atoms with van der Waals surface area (Å²) in [5.74, 6) is 1.53. The Hall–Kier alpha value is -1.26. The molecule has 21 heavy (non-hydrogen) atoms. The van der Waals surface area contributed by atoms with Gasteiger partial charge in [0.25, 0.3) is 0 Å². The lowest BCUT2D eigenvalue weighted by Crippen LogP contribution is -2.41. The van der Waals surface area contributed by atoms with Crippen LogP contribution in [0.2, 0.25) is 0 Å². The first-order valence-electron chi connectivity index (χ1n) is 7.90. The Balaban J connectivity index is 1.88. The van der Waals surface area contributed by atoms with Crippen molar-refractivity contribution < 1.29 is 14.6 Å². The molecular weight excluding hydrogens is 266 g/mol. The van der Waals surface area contributed by atoms with E-state index in [0.717, 1.165) is 49.3 Å². The molecule has 0 unspecified atom stereocenters. The molecule has 1 aliphatic carbocycles. The average Bonchev–Trinajstić information content (AvgIpc) is 2.49. The number of benzene rings is 1. The third-order valence-electron chi connectivity index (χ3n) is 4.10. The van der Waals surface area contributed by atoms with Gasteiger partial charge in [-0.15, -0.1) is 0 Å². The van der Waals surface area contributed by atoms with Crippen LogP contribution in [0.3, 0.4) is 0 Å². The molecule has 0 atom stereocenters. The number of aliphatic hydroxyl groups is 1. The van der Waals surface area contributed by atoms with E-state index in [0.29, 0.717) is 13.2 Å². The van der Waals surface area contributed by atoms with Gasteiger partial charge in [0.1, 0.15) is 0 Å². The zero-order chi connectivity index (χ0) is 15.1. The Morgan fingerprint density at radius 3 is 2.62 bits per heavy atom.